The van der Waals surface area contributed by atoms with Crippen LogP contribution in [0.3, 0.4) is 0 Å². The molecule has 1 aliphatic heterocycles. The number of carbonyl (C=O) groups is 1. The molecule has 0 atom stereocenters. The molecule has 0 aliphatic carbocycles. The minimum atomic E-state index is 0.0627. The number of piperazine rings is 1. The highest BCUT2D eigenvalue weighted by atomic mass is 32.1. The summed E-state index contributed by atoms with van der Waals surface area (Å²) < 4.78 is 1.07. The fraction of sp³-hybridized carbons (Fsp3) is 0.333. The summed E-state index contributed by atoms with van der Waals surface area (Å²) >= 11 is 1.48. The quantitative estimate of drug-likeness (QED) is 0.827. The highest BCUT2D eigenvalue weighted by Gasteiger charge is 2.20. The van der Waals surface area contributed by atoms with Gasteiger partial charge in [-0.15, -0.1) is 11.3 Å². The van der Waals surface area contributed by atoms with Crippen LogP contribution in [0.1, 0.15) is 9.80 Å². The maximum Gasteiger partial charge on any atom is 0.282 e. The van der Waals surface area contributed by atoms with E-state index < -0.39 is 0 Å². The van der Waals surface area contributed by atoms with E-state index in [2.05, 4.69) is 10.3 Å². The smallest absolute Gasteiger partial charge is 0.282 e. The number of nitrogens with zero attached hydrogens (tertiary/aromatic N) is 2. The minimum absolute atomic E-state index is 0.0627. The van der Waals surface area contributed by atoms with Gasteiger partial charge in [-0.05, 0) is 12.1 Å². The fourth-order valence-corrected chi connectivity index (χ4v) is 2.90. The van der Waals surface area contributed by atoms with E-state index in [1.807, 2.05) is 29.2 Å². The first kappa shape index (κ1) is 10.7. The molecule has 1 saturated heterocycles. The first-order valence-electron chi connectivity index (χ1n) is 5.70. The lowest BCUT2D eigenvalue weighted by Gasteiger charge is -2.26. The van der Waals surface area contributed by atoms with Crippen molar-refractivity contribution in [2.75, 3.05) is 26.2 Å². The van der Waals surface area contributed by atoms with Gasteiger partial charge in [-0.1, -0.05) is 12.1 Å². The van der Waals surface area contributed by atoms with E-state index in [1.165, 1.54) is 11.3 Å². The molecule has 5 heteroatoms. The third-order valence-corrected chi connectivity index (χ3v) is 3.91. The van der Waals surface area contributed by atoms with Gasteiger partial charge in [0.05, 0.1) is 10.2 Å². The van der Waals surface area contributed by atoms with E-state index in [1.54, 1.807) is 0 Å². The van der Waals surface area contributed by atoms with Gasteiger partial charge in [-0.3, -0.25) is 4.79 Å². The fourth-order valence-electron chi connectivity index (χ4n) is 1.97. The average Bonchev–Trinajstić information content (AvgIpc) is 2.82. The van der Waals surface area contributed by atoms with E-state index in [-0.39, 0.29) is 5.91 Å². The Morgan fingerprint density at radius 2 is 2.06 bits per heavy atom. The standard InChI is InChI=1S/C12H13N3OS/c16-12(15-7-5-13-6-8-15)11-14-9-3-1-2-4-10(9)17-11/h1-4,13H,5-8H2. The number of aromatic nitrogens is 1. The number of hydrogen-bond acceptors (Lipinski definition) is 4. The molecule has 1 N–H and O–H groups in total. The second kappa shape index (κ2) is 4.43. The molecule has 1 aromatic heterocycles. The molecule has 17 heavy (non-hydrogen) atoms. The van der Waals surface area contributed by atoms with Crippen molar-refractivity contribution in [3.8, 4) is 0 Å². The molecule has 0 unspecified atom stereocenters. The van der Waals surface area contributed by atoms with Crippen LogP contribution in [0, 0.1) is 0 Å². The molecule has 2 heterocycles. The summed E-state index contributed by atoms with van der Waals surface area (Å²) in [4.78, 5) is 18.5. The van der Waals surface area contributed by atoms with E-state index in [0.29, 0.717) is 5.01 Å². The zero-order valence-electron chi connectivity index (χ0n) is 9.35. The first-order chi connectivity index (χ1) is 8.34. The van der Waals surface area contributed by atoms with Gasteiger partial charge in [0, 0.05) is 26.2 Å². The van der Waals surface area contributed by atoms with Gasteiger partial charge in [0.2, 0.25) is 0 Å². The third-order valence-electron chi connectivity index (χ3n) is 2.88. The lowest BCUT2D eigenvalue weighted by Crippen LogP contribution is -2.46. The number of carbonyl (C=O) groups excluding carboxylic acids is 1. The van der Waals surface area contributed by atoms with Gasteiger partial charge in [-0.25, -0.2) is 4.98 Å². The van der Waals surface area contributed by atoms with Gasteiger partial charge in [-0.2, -0.15) is 0 Å². The molecule has 88 valence electrons. The van der Waals surface area contributed by atoms with Crippen LogP contribution in [0.5, 0.6) is 0 Å². The maximum atomic E-state index is 12.2. The summed E-state index contributed by atoms with van der Waals surface area (Å²) in [5, 5.41) is 3.84. The van der Waals surface area contributed by atoms with Crippen molar-refractivity contribution in [1.29, 1.82) is 0 Å². The maximum absolute atomic E-state index is 12.2. The molecular weight excluding hydrogens is 234 g/mol. The van der Waals surface area contributed by atoms with Crippen LogP contribution >= 0.6 is 11.3 Å². The Hall–Kier alpha value is -1.46. The number of nitrogens with one attached hydrogen (secondary N) is 1. The van der Waals surface area contributed by atoms with Crippen LogP contribution in [-0.2, 0) is 0 Å². The number of benzene rings is 1. The van der Waals surface area contributed by atoms with E-state index in [0.717, 1.165) is 36.4 Å². The first-order valence-corrected chi connectivity index (χ1v) is 6.52. The predicted octanol–water partition coefficient (Wildman–Crippen LogP) is 1.34. The predicted molar refractivity (Wildman–Crippen MR) is 68.4 cm³/mol. The van der Waals surface area contributed by atoms with Gasteiger partial charge >= 0.3 is 0 Å². The topological polar surface area (TPSA) is 45.2 Å². The Bertz CT molecular complexity index is 512. The molecule has 0 saturated carbocycles. The molecule has 0 bridgehead atoms. The summed E-state index contributed by atoms with van der Waals surface area (Å²) in [6, 6.07) is 7.86. The molecule has 1 fully saturated rings. The molecule has 0 spiro atoms. The highest BCUT2D eigenvalue weighted by molar-refractivity contribution is 7.20. The van der Waals surface area contributed by atoms with Crippen molar-refractivity contribution >= 4 is 27.5 Å². The molecule has 0 radical (unpaired) electrons. The molecule has 1 aliphatic rings. The summed E-state index contributed by atoms with van der Waals surface area (Å²) in [6.07, 6.45) is 0. The summed E-state index contributed by atoms with van der Waals surface area (Å²) in [6.45, 7) is 3.29. The van der Waals surface area contributed by atoms with Crippen LogP contribution in [0.2, 0.25) is 0 Å². The van der Waals surface area contributed by atoms with Crippen LogP contribution in [0.15, 0.2) is 24.3 Å². The molecule has 1 aromatic carbocycles. The summed E-state index contributed by atoms with van der Waals surface area (Å²) in [5.41, 5.74) is 0.913. The van der Waals surface area contributed by atoms with Crippen molar-refractivity contribution < 1.29 is 4.79 Å². The Balaban J connectivity index is 1.89. The Kier molecular flexibility index (Phi) is 2.78. The van der Waals surface area contributed by atoms with E-state index in [9.17, 15) is 4.79 Å². The number of hydrogen-bond donors (Lipinski definition) is 1. The van der Waals surface area contributed by atoms with Crippen molar-refractivity contribution in [2.45, 2.75) is 0 Å². The van der Waals surface area contributed by atoms with E-state index >= 15 is 0 Å². The van der Waals surface area contributed by atoms with Gasteiger partial charge in [0.25, 0.3) is 5.91 Å². The van der Waals surface area contributed by atoms with Crippen LogP contribution in [0.25, 0.3) is 10.2 Å². The molecule has 4 nitrogen and oxygen atoms in total. The minimum Gasteiger partial charge on any atom is -0.334 e. The molecule has 3 rings (SSSR count). The van der Waals surface area contributed by atoms with Crippen LogP contribution < -0.4 is 5.32 Å². The Labute approximate surface area is 103 Å². The number of para-hydroxylation sites is 1. The Morgan fingerprint density at radius 1 is 1.29 bits per heavy atom. The second-order valence-corrected chi connectivity index (χ2v) is 5.06. The largest absolute Gasteiger partial charge is 0.334 e. The normalized spacial score (nSPS) is 16.4. The Morgan fingerprint density at radius 3 is 2.82 bits per heavy atom. The van der Waals surface area contributed by atoms with Crippen LogP contribution in [-0.4, -0.2) is 42.0 Å². The number of thiazole rings is 1. The molecular formula is C12H13N3OS. The zero-order valence-corrected chi connectivity index (χ0v) is 10.2. The van der Waals surface area contributed by atoms with Gasteiger partial charge in [0.15, 0.2) is 5.01 Å². The summed E-state index contributed by atoms with van der Waals surface area (Å²) in [5.74, 6) is 0.0627. The number of amides is 1. The SMILES string of the molecule is O=C(c1nc2ccccc2s1)N1CCNCC1. The van der Waals surface area contributed by atoms with Crippen LogP contribution in [0.4, 0.5) is 0 Å². The van der Waals surface area contributed by atoms with Crippen molar-refractivity contribution in [3.05, 3.63) is 29.3 Å². The molecule has 2 aromatic rings. The monoisotopic (exact) mass is 247 g/mol. The van der Waals surface area contributed by atoms with Gasteiger partial charge in [0.1, 0.15) is 0 Å². The summed E-state index contributed by atoms with van der Waals surface area (Å²) in [7, 11) is 0. The third kappa shape index (κ3) is 2.03. The number of rotatable bonds is 1. The van der Waals surface area contributed by atoms with E-state index in [4.69, 9.17) is 0 Å². The zero-order chi connectivity index (χ0) is 11.7. The number of fused-ring (bicyclic) bond motifs is 1. The van der Waals surface area contributed by atoms with Gasteiger partial charge < -0.3 is 10.2 Å². The highest BCUT2D eigenvalue weighted by Crippen LogP contribution is 2.22. The average molecular weight is 247 g/mol. The molecule has 1 amide bonds. The lowest BCUT2D eigenvalue weighted by molar-refractivity contribution is 0.0735. The van der Waals surface area contributed by atoms with Crippen molar-refractivity contribution in [2.24, 2.45) is 0 Å². The van der Waals surface area contributed by atoms with Crippen molar-refractivity contribution in [3.63, 3.8) is 0 Å². The second-order valence-electron chi connectivity index (χ2n) is 4.03. The van der Waals surface area contributed by atoms with Crippen molar-refractivity contribution in [1.82, 2.24) is 15.2 Å². The lowest BCUT2D eigenvalue weighted by atomic mass is 10.3.